The van der Waals surface area contributed by atoms with Gasteiger partial charge < -0.3 is 5.32 Å². The molecule has 0 aliphatic carbocycles. The summed E-state index contributed by atoms with van der Waals surface area (Å²) < 4.78 is 53.8. The summed E-state index contributed by atoms with van der Waals surface area (Å²) in [5, 5.41) is 2.76. The van der Waals surface area contributed by atoms with E-state index < -0.39 is 29.3 Å². The van der Waals surface area contributed by atoms with Crippen molar-refractivity contribution in [3.8, 4) is 0 Å². The smallest absolute Gasteiger partial charge is 0.194 e. The van der Waals surface area contributed by atoms with E-state index in [2.05, 4.69) is 21.2 Å². The molecule has 0 saturated carbocycles. The van der Waals surface area contributed by atoms with Gasteiger partial charge in [-0.2, -0.15) is 0 Å². The number of hydrogen-bond donors (Lipinski definition) is 1. The summed E-state index contributed by atoms with van der Waals surface area (Å²) in [5.41, 5.74) is 0.287. The quantitative estimate of drug-likeness (QED) is 0.644. The summed E-state index contributed by atoms with van der Waals surface area (Å²) in [6, 6.07) is 5.42. The predicted octanol–water partition coefficient (Wildman–Crippen LogP) is 4.31. The lowest BCUT2D eigenvalue weighted by Crippen LogP contribution is -2.20. The second kappa shape index (κ2) is 5.93. The van der Waals surface area contributed by atoms with Crippen LogP contribution in [0.1, 0.15) is 17.2 Å². The van der Waals surface area contributed by atoms with Crippen molar-refractivity contribution >= 4 is 15.9 Å². The van der Waals surface area contributed by atoms with E-state index in [4.69, 9.17) is 0 Å². The number of benzene rings is 2. The van der Waals surface area contributed by atoms with Gasteiger partial charge >= 0.3 is 0 Å². The molecule has 1 unspecified atom stereocenters. The first-order chi connectivity index (χ1) is 9.47. The normalized spacial score (nSPS) is 12.5. The van der Waals surface area contributed by atoms with Crippen molar-refractivity contribution in [2.75, 3.05) is 7.05 Å². The SMILES string of the molecule is CNC(c1ccc(F)c(F)c1F)c1cccc(F)c1Br. The number of nitrogens with one attached hydrogen (secondary N) is 1. The lowest BCUT2D eigenvalue weighted by Gasteiger charge is -2.19. The zero-order chi connectivity index (χ0) is 14.9. The van der Waals surface area contributed by atoms with Crippen LogP contribution in [0, 0.1) is 23.3 Å². The molecule has 0 aliphatic rings. The Morgan fingerprint density at radius 1 is 0.900 bits per heavy atom. The fourth-order valence-electron chi connectivity index (χ4n) is 1.99. The highest BCUT2D eigenvalue weighted by Gasteiger charge is 2.23. The zero-order valence-corrected chi connectivity index (χ0v) is 11.9. The topological polar surface area (TPSA) is 12.0 Å². The first kappa shape index (κ1) is 15.0. The molecular formula is C14H10BrF4N. The fraction of sp³-hybridized carbons (Fsp3) is 0.143. The molecule has 0 fully saturated rings. The van der Waals surface area contributed by atoms with Gasteiger partial charge in [0.1, 0.15) is 5.82 Å². The second-order valence-electron chi connectivity index (χ2n) is 4.13. The zero-order valence-electron chi connectivity index (χ0n) is 10.4. The van der Waals surface area contributed by atoms with Crippen LogP contribution in [0.3, 0.4) is 0 Å². The van der Waals surface area contributed by atoms with Crippen LogP contribution < -0.4 is 5.32 Å². The van der Waals surface area contributed by atoms with Crippen LogP contribution in [0.2, 0.25) is 0 Å². The van der Waals surface area contributed by atoms with E-state index in [1.54, 1.807) is 6.07 Å². The highest BCUT2D eigenvalue weighted by molar-refractivity contribution is 9.10. The number of hydrogen-bond acceptors (Lipinski definition) is 1. The van der Waals surface area contributed by atoms with Gasteiger partial charge in [0.05, 0.1) is 10.5 Å². The molecule has 0 saturated heterocycles. The molecule has 20 heavy (non-hydrogen) atoms. The van der Waals surface area contributed by atoms with Gasteiger partial charge in [-0.25, -0.2) is 17.6 Å². The van der Waals surface area contributed by atoms with E-state index >= 15 is 0 Å². The lowest BCUT2D eigenvalue weighted by molar-refractivity contribution is 0.434. The van der Waals surface area contributed by atoms with Crippen LogP contribution in [0.25, 0.3) is 0 Å². The van der Waals surface area contributed by atoms with E-state index in [1.165, 1.54) is 19.2 Å². The molecule has 0 radical (unpaired) electrons. The van der Waals surface area contributed by atoms with Gasteiger partial charge in [-0.1, -0.05) is 18.2 Å². The molecule has 1 nitrogen and oxygen atoms in total. The summed E-state index contributed by atoms with van der Waals surface area (Å²) in [5.74, 6) is -4.62. The van der Waals surface area contributed by atoms with Crippen molar-refractivity contribution in [2.45, 2.75) is 6.04 Å². The van der Waals surface area contributed by atoms with Crippen LogP contribution >= 0.6 is 15.9 Å². The van der Waals surface area contributed by atoms with Crippen LogP contribution in [0.4, 0.5) is 17.6 Å². The minimum atomic E-state index is -1.55. The maximum atomic E-state index is 13.9. The molecule has 2 rings (SSSR count). The summed E-state index contributed by atoms with van der Waals surface area (Å²) in [4.78, 5) is 0. The Kier molecular flexibility index (Phi) is 4.45. The predicted molar refractivity (Wildman–Crippen MR) is 71.3 cm³/mol. The van der Waals surface area contributed by atoms with Gasteiger partial charge in [0.2, 0.25) is 0 Å². The van der Waals surface area contributed by atoms with E-state index in [0.29, 0.717) is 5.56 Å². The van der Waals surface area contributed by atoms with Crippen LogP contribution in [0.15, 0.2) is 34.8 Å². The third-order valence-electron chi connectivity index (χ3n) is 2.96. The van der Waals surface area contributed by atoms with Gasteiger partial charge in [0.25, 0.3) is 0 Å². The van der Waals surface area contributed by atoms with E-state index in [0.717, 1.165) is 12.1 Å². The van der Waals surface area contributed by atoms with Crippen molar-refractivity contribution < 1.29 is 17.6 Å². The Hall–Kier alpha value is -1.40. The molecule has 6 heteroatoms. The fourth-order valence-corrected chi connectivity index (χ4v) is 2.48. The Morgan fingerprint density at radius 3 is 2.25 bits per heavy atom. The minimum Gasteiger partial charge on any atom is -0.309 e. The monoisotopic (exact) mass is 347 g/mol. The van der Waals surface area contributed by atoms with Gasteiger partial charge in [0, 0.05) is 5.56 Å². The van der Waals surface area contributed by atoms with Gasteiger partial charge in [-0.3, -0.25) is 0 Å². The Labute approximate surface area is 121 Å². The molecule has 1 atom stereocenters. The highest BCUT2D eigenvalue weighted by atomic mass is 79.9. The van der Waals surface area contributed by atoms with Crippen molar-refractivity contribution in [3.63, 3.8) is 0 Å². The summed E-state index contributed by atoms with van der Waals surface area (Å²) in [7, 11) is 1.52. The van der Waals surface area contributed by atoms with Crippen LogP contribution in [0.5, 0.6) is 0 Å². The van der Waals surface area contributed by atoms with Gasteiger partial charge in [-0.15, -0.1) is 0 Å². The minimum absolute atomic E-state index is 0.0994. The highest BCUT2D eigenvalue weighted by Crippen LogP contribution is 2.32. The standard InChI is InChI=1S/C14H10BrF4N/c1-20-14(7-3-2-4-9(16)11(7)15)8-5-6-10(17)13(19)12(8)18/h2-6,14,20H,1H3. The molecular weight excluding hydrogens is 338 g/mol. The molecule has 2 aromatic carbocycles. The molecule has 0 heterocycles. The second-order valence-corrected chi connectivity index (χ2v) is 4.92. The number of rotatable bonds is 3. The third-order valence-corrected chi connectivity index (χ3v) is 3.79. The molecule has 106 valence electrons. The molecule has 0 aliphatic heterocycles. The summed E-state index contributed by atoms with van der Waals surface area (Å²) in [6.45, 7) is 0. The maximum Gasteiger partial charge on any atom is 0.194 e. The third kappa shape index (κ3) is 2.58. The van der Waals surface area contributed by atoms with Crippen LogP contribution in [-0.2, 0) is 0 Å². The van der Waals surface area contributed by atoms with E-state index in [1.807, 2.05) is 0 Å². The summed E-state index contributed by atoms with van der Waals surface area (Å²) in [6.07, 6.45) is 0. The van der Waals surface area contributed by atoms with Crippen molar-refractivity contribution in [1.82, 2.24) is 5.32 Å². The average Bonchev–Trinajstić information content (AvgIpc) is 2.44. The maximum absolute atomic E-state index is 13.9. The average molecular weight is 348 g/mol. The summed E-state index contributed by atoms with van der Waals surface area (Å²) >= 11 is 3.07. The molecule has 0 spiro atoms. The first-order valence-corrected chi connectivity index (χ1v) is 6.51. The molecule has 1 N–H and O–H groups in total. The van der Waals surface area contributed by atoms with Crippen molar-refractivity contribution in [2.24, 2.45) is 0 Å². The van der Waals surface area contributed by atoms with E-state index in [9.17, 15) is 17.6 Å². The largest absolute Gasteiger partial charge is 0.309 e. The Bertz CT molecular complexity index is 645. The Morgan fingerprint density at radius 2 is 1.60 bits per heavy atom. The van der Waals surface area contributed by atoms with E-state index in [-0.39, 0.29) is 10.0 Å². The van der Waals surface area contributed by atoms with Crippen molar-refractivity contribution in [1.29, 1.82) is 0 Å². The number of halogens is 5. The molecule has 0 bridgehead atoms. The van der Waals surface area contributed by atoms with Crippen LogP contribution in [-0.4, -0.2) is 7.05 Å². The molecule has 0 amide bonds. The van der Waals surface area contributed by atoms with Crippen molar-refractivity contribution in [3.05, 3.63) is 69.2 Å². The first-order valence-electron chi connectivity index (χ1n) is 5.72. The molecule has 0 aromatic heterocycles. The van der Waals surface area contributed by atoms with Gasteiger partial charge in [-0.05, 0) is 40.7 Å². The Balaban J connectivity index is 2.59. The molecule has 2 aromatic rings. The lowest BCUT2D eigenvalue weighted by atomic mass is 9.98. The van der Waals surface area contributed by atoms with Gasteiger partial charge in [0.15, 0.2) is 17.5 Å².